The molecule has 29 heavy (non-hydrogen) atoms. The van der Waals surface area contributed by atoms with Crippen molar-refractivity contribution in [2.75, 3.05) is 11.9 Å². The molecule has 1 atom stereocenters. The van der Waals surface area contributed by atoms with Crippen LogP contribution in [-0.4, -0.2) is 32.7 Å². The number of aliphatic hydroxyl groups excluding tert-OH is 1. The number of aromatic nitrogens is 3. The number of aliphatic hydroxyl groups is 1. The minimum atomic E-state index is -0.263. The number of imidazole rings is 1. The van der Waals surface area contributed by atoms with Gasteiger partial charge in [0.25, 0.3) is 5.56 Å². The Bertz CT molecular complexity index is 1200. The van der Waals surface area contributed by atoms with Gasteiger partial charge in [-0.3, -0.25) is 4.79 Å². The second-order valence-corrected chi connectivity index (χ2v) is 8.45. The van der Waals surface area contributed by atoms with Crippen molar-refractivity contribution >= 4 is 48.6 Å². The topological polar surface area (TPSA) is 93.8 Å². The Morgan fingerprint density at radius 1 is 1.14 bits per heavy atom. The van der Waals surface area contributed by atoms with Crippen LogP contribution in [0.4, 0.5) is 5.69 Å². The Morgan fingerprint density at radius 3 is 2.69 bits per heavy atom. The molecule has 2 aromatic heterocycles. The number of pyridine rings is 1. The Labute approximate surface area is 183 Å². The zero-order valence-corrected chi connectivity index (χ0v) is 18.4. The minimum absolute atomic E-state index is 0.0697. The van der Waals surface area contributed by atoms with Gasteiger partial charge in [0.2, 0.25) is 0 Å². The summed E-state index contributed by atoms with van der Waals surface area (Å²) in [5, 5.41) is 13.2. The van der Waals surface area contributed by atoms with Crippen LogP contribution < -0.4 is 10.9 Å². The zero-order chi connectivity index (χ0) is 20.4. The van der Waals surface area contributed by atoms with Crippen molar-refractivity contribution in [3.8, 4) is 11.4 Å². The predicted molar refractivity (Wildman–Crippen MR) is 122 cm³/mol. The van der Waals surface area contributed by atoms with E-state index in [4.69, 9.17) is 0 Å². The number of nitrogens with one attached hydrogen (secondary N) is 3. The second-order valence-electron chi connectivity index (χ2n) is 6.68. The summed E-state index contributed by atoms with van der Waals surface area (Å²) < 4.78 is 1.72. The van der Waals surface area contributed by atoms with Crippen molar-refractivity contribution in [3.63, 3.8) is 0 Å². The van der Waals surface area contributed by atoms with E-state index in [1.807, 2.05) is 42.5 Å². The Hall–Kier alpha value is -2.42. The molecule has 148 valence electrons. The monoisotopic (exact) mass is 516 g/mol. The smallest absolute Gasteiger partial charge is 0.261 e. The minimum Gasteiger partial charge on any atom is -0.394 e. The van der Waals surface area contributed by atoms with E-state index in [-0.39, 0.29) is 18.2 Å². The molecule has 0 amide bonds. The highest BCUT2D eigenvalue weighted by molar-refractivity contribution is 9.11. The summed E-state index contributed by atoms with van der Waals surface area (Å²) in [7, 11) is 0. The van der Waals surface area contributed by atoms with Gasteiger partial charge >= 0.3 is 0 Å². The van der Waals surface area contributed by atoms with Crippen molar-refractivity contribution < 1.29 is 5.11 Å². The lowest BCUT2D eigenvalue weighted by molar-refractivity contribution is 0.274. The summed E-state index contributed by atoms with van der Waals surface area (Å²) in [4.78, 5) is 23.2. The van der Waals surface area contributed by atoms with E-state index in [0.717, 1.165) is 25.5 Å². The average molecular weight is 518 g/mol. The van der Waals surface area contributed by atoms with E-state index in [1.54, 1.807) is 12.3 Å². The average Bonchev–Trinajstić information content (AvgIpc) is 3.12. The van der Waals surface area contributed by atoms with Crippen LogP contribution in [0.2, 0.25) is 0 Å². The second kappa shape index (κ2) is 8.52. The summed E-state index contributed by atoms with van der Waals surface area (Å²) >= 11 is 6.98. The zero-order valence-electron chi connectivity index (χ0n) is 15.2. The number of anilines is 1. The van der Waals surface area contributed by atoms with Gasteiger partial charge in [0.15, 0.2) is 0 Å². The molecule has 4 aromatic rings. The number of nitrogens with zero attached hydrogens (tertiary/aromatic N) is 1. The van der Waals surface area contributed by atoms with E-state index < -0.39 is 0 Å². The SMILES string of the molecule is O=c1[nH]ccc(NC(CO)Cc2ccccc2)c1-c1nc2c(Br)cc(Br)cc2[nH]1. The molecule has 0 aliphatic carbocycles. The van der Waals surface area contributed by atoms with Gasteiger partial charge in [-0.2, -0.15) is 0 Å². The summed E-state index contributed by atoms with van der Waals surface area (Å²) in [5.41, 5.74) is 3.39. The van der Waals surface area contributed by atoms with E-state index in [9.17, 15) is 9.90 Å². The molecular weight excluding hydrogens is 500 g/mol. The lowest BCUT2D eigenvalue weighted by Gasteiger charge is -2.19. The van der Waals surface area contributed by atoms with Crippen LogP contribution in [0.5, 0.6) is 0 Å². The van der Waals surface area contributed by atoms with Crippen molar-refractivity contribution in [2.24, 2.45) is 0 Å². The molecule has 6 nitrogen and oxygen atoms in total. The van der Waals surface area contributed by atoms with E-state index in [1.165, 1.54) is 0 Å². The molecule has 4 rings (SSSR count). The first kappa shape index (κ1) is 19.9. The Balaban J connectivity index is 1.72. The van der Waals surface area contributed by atoms with E-state index >= 15 is 0 Å². The first-order valence-electron chi connectivity index (χ1n) is 9.03. The van der Waals surface area contributed by atoms with Gasteiger partial charge in [-0.25, -0.2) is 4.98 Å². The fourth-order valence-corrected chi connectivity index (χ4v) is 4.59. The maximum Gasteiger partial charge on any atom is 0.261 e. The Morgan fingerprint density at radius 2 is 1.93 bits per heavy atom. The molecule has 0 fully saturated rings. The fraction of sp³-hybridized carbons (Fsp3) is 0.143. The highest BCUT2D eigenvalue weighted by atomic mass is 79.9. The third-order valence-corrected chi connectivity index (χ3v) is 5.67. The van der Waals surface area contributed by atoms with Gasteiger partial charge in [-0.05, 0) is 46.1 Å². The van der Waals surface area contributed by atoms with Crippen molar-refractivity contribution in [1.29, 1.82) is 0 Å². The predicted octanol–water partition coefficient (Wildman–Crippen LogP) is 4.46. The standard InChI is InChI=1S/C21H18Br2N4O2/c22-13-9-15(23)19-17(10-13)26-20(27-19)18-16(6-7-24-21(18)29)25-14(11-28)8-12-4-2-1-3-5-12/h1-7,9-10,14,28H,8,11H2,(H,26,27)(H2,24,25,29). The van der Waals surface area contributed by atoms with Crippen LogP contribution >= 0.6 is 31.9 Å². The van der Waals surface area contributed by atoms with Crippen LogP contribution in [0, 0.1) is 0 Å². The first-order valence-corrected chi connectivity index (χ1v) is 10.6. The highest BCUT2D eigenvalue weighted by Crippen LogP contribution is 2.31. The van der Waals surface area contributed by atoms with E-state index in [0.29, 0.717) is 23.5 Å². The molecule has 0 bridgehead atoms. The molecule has 0 saturated heterocycles. The first-order chi connectivity index (χ1) is 14.0. The number of benzene rings is 2. The number of halogens is 2. The van der Waals surface area contributed by atoms with Crippen LogP contribution in [0.15, 0.2) is 68.5 Å². The third kappa shape index (κ3) is 4.29. The van der Waals surface area contributed by atoms with E-state index in [2.05, 4.69) is 52.1 Å². The summed E-state index contributed by atoms with van der Waals surface area (Å²) in [6, 6.07) is 15.3. The molecule has 0 spiro atoms. The van der Waals surface area contributed by atoms with Gasteiger partial charge in [0.1, 0.15) is 16.9 Å². The summed E-state index contributed by atoms with van der Waals surface area (Å²) in [6.45, 7) is -0.0697. The molecule has 8 heteroatoms. The molecule has 4 N–H and O–H groups in total. The third-order valence-electron chi connectivity index (χ3n) is 4.61. The molecular formula is C21H18Br2N4O2. The van der Waals surface area contributed by atoms with Gasteiger partial charge in [0.05, 0.1) is 23.9 Å². The molecule has 2 aromatic carbocycles. The van der Waals surface area contributed by atoms with Gasteiger partial charge < -0.3 is 20.4 Å². The number of fused-ring (bicyclic) bond motifs is 1. The molecule has 0 radical (unpaired) electrons. The normalized spacial score (nSPS) is 12.2. The number of H-pyrrole nitrogens is 2. The molecule has 1 unspecified atom stereocenters. The lowest BCUT2D eigenvalue weighted by Crippen LogP contribution is -2.28. The van der Waals surface area contributed by atoms with Gasteiger partial charge in [0, 0.05) is 15.1 Å². The van der Waals surface area contributed by atoms with Crippen LogP contribution in [0.25, 0.3) is 22.4 Å². The van der Waals surface area contributed by atoms with Crippen molar-refractivity contribution in [1.82, 2.24) is 15.0 Å². The number of rotatable bonds is 6. The Kier molecular flexibility index (Phi) is 5.84. The molecule has 0 aliphatic heterocycles. The van der Waals surface area contributed by atoms with Crippen LogP contribution in [-0.2, 0) is 6.42 Å². The molecule has 2 heterocycles. The van der Waals surface area contributed by atoms with Crippen molar-refractivity contribution in [3.05, 3.63) is 79.6 Å². The van der Waals surface area contributed by atoms with Gasteiger partial charge in [-0.1, -0.05) is 46.3 Å². The maximum atomic E-state index is 12.7. The molecule has 0 aliphatic rings. The maximum absolute atomic E-state index is 12.7. The highest BCUT2D eigenvalue weighted by Gasteiger charge is 2.18. The quantitative estimate of drug-likeness (QED) is 0.304. The van der Waals surface area contributed by atoms with Crippen LogP contribution in [0.3, 0.4) is 0 Å². The lowest BCUT2D eigenvalue weighted by atomic mass is 10.1. The van der Waals surface area contributed by atoms with Crippen LogP contribution in [0.1, 0.15) is 5.56 Å². The van der Waals surface area contributed by atoms with Gasteiger partial charge in [-0.15, -0.1) is 0 Å². The van der Waals surface area contributed by atoms with Crippen molar-refractivity contribution in [2.45, 2.75) is 12.5 Å². The number of aromatic amines is 2. The fourth-order valence-electron chi connectivity index (χ4n) is 3.27. The number of hydrogen-bond donors (Lipinski definition) is 4. The number of hydrogen-bond acceptors (Lipinski definition) is 4. The molecule has 0 saturated carbocycles. The largest absolute Gasteiger partial charge is 0.394 e. The summed E-state index contributed by atoms with van der Waals surface area (Å²) in [6.07, 6.45) is 2.21. The summed E-state index contributed by atoms with van der Waals surface area (Å²) in [5.74, 6) is 0.458.